The number of ether oxygens (including phenoxy) is 1. The number of likely N-dealkylation sites (tertiary alicyclic amines) is 1. The fourth-order valence-electron chi connectivity index (χ4n) is 2.78. The Bertz CT molecular complexity index is 551. The van der Waals surface area contributed by atoms with Crippen molar-refractivity contribution in [3.8, 4) is 5.75 Å². The first-order chi connectivity index (χ1) is 10.5. The smallest absolute Gasteiger partial charge is 0.279 e. The zero-order valence-corrected chi connectivity index (χ0v) is 13.0. The Morgan fingerprint density at radius 3 is 2.64 bits per heavy atom. The van der Waals surface area contributed by atoms with Crippen molar-refractivity contribution in [2.45, 2.75) is 19.8 Å². The Hall–Kier alpha value is -2.08. The molecule has 1 aromatic rings. The Balaban J connectivity index is 1.89. The molecule has 0 bridgehead atoms. The molecule has 0 aliphatic carbocycles. The van der Waals surface area contributed by atoms with E-state index in [0.29, 0.717) is 43.9 Å². The molecule has 2 N–H and O–H groups in total. The number of aryl methyl sites for hydroxylation is 1. The fraction of sp³-hybridized carbons (Fsp3) is 0.500. The van der Waals surface area contributed by atoms with Gasteiger partial charge in [0.15, 0.2) is 6.54 Å². The van der Waals surface area contributed by atoms with Crippen molar-refractivity contribution in [3.05, 3.63) is 23.8 Å². The summed E-state index contributed by atoms with van der Waals surface area (Å²) in [6.07, 6.45) is 1.14. The lowest BCUT2D eigenvalue weighted by molar-refractivity contribution is -0.897. The minimum absolute atomic E-state index is 0.0919. The van der Waals surface area contributed by atoms with E-state index in [2.05, 4.69) is 5.32 Å². The van der Waals surface area contributed by atoms with Crippen LogP contribution in [0.2, 0.25) is 0 Å². The van der Waals surface area contributed by atoms with Gasteiger partial charge in [0.2, 0.25) is 0 Å². The second-order valence-corrected chi connectivity index (χ2v) is 5.77. The van der Waals surface area contributed by atoms with E-state index in [1.54, 1.807) is 7.11 Å². The number of aliphatic carboxylic acids is 1. The highest BCUT2D eigenvalue weighted by molar-refractivity contribution is 5.93. The molecule has 1 saturated heterocycles. The minimum Gasteiger partial charge on any atom is -0.550 e. The van der Waals surface area contributed by atoms with Crippen molar-refractivity contribution in [1.29, 1.82) is 0 Å². The van der Waals surface area contributed by atoms with Gasteiger partial charge in [0.25, 0.3) is 5.91 Å². The van der Waals surface area contributed by atoms with Crippen molar-refractivity contribution >= 4 is 17.6 Å². The Kier molecular flexibility index (Phi) is 5.38. The van der Waals surface area contributed by atoms with Crippen LogP contribution < -0.4 is 20.1 Å². The van der Waals surface area contributed by atoms with E-state index in [0.717, 1.165) is 10.5 Å². The third-order valence-corrected chi connectivity index (χ3v) is 4.07. The molecule has 0 unspecified atom stereocenters. The van der Waals surface area contributed by atoms with Crippen molar-refractivity contribution in [2.24, 2.45) is 5.92 Å². The van der Waals surface area contributed by atoms with Crippen LogP contribution in [0.5, 0.6) is 5.75 Å². The van der Waals surface area contributed by atoms with Gasteiger partial charge < -0.3 is 24.9 Å². The van der Waals surface area contributed by atoms with Gasteiger partial charge in [-0.25, -0.2) is 0 Å². The number of benzene rings is 1. The third-order valence-electron chi connectivity index (χ3n) is 4.07. The van der Waals surface area contributed by atoms with Gasteiger partial charge in [-0.15, -0.1) is 0 Å². The summed E-state index contributed by atoms with van der Waals surface area (Å²) in [6, 6.07) is 5.61. The quantitative estimate of drug-likeness (QED) is 0.730. The molecule has 22 heavy (non-hydrogen) atoms. The second kappa shape index (κ2) is 7.26. The van der Waals surface area contributed by atoms with Crippen LogP contribution in [0, 0.1) is 12.8 Å². The van der Waals surface area contributed by atoms with E-state index in [9.17, 15) is 14.7 Å². The average molecular weight is 306 g/mol. The zero-order valence-electron chi connectivity index (χ0n) is 13.0. The van der Waals surface area contributed by atoms with Crippen LogP contribution in [-0.4, -0.2) is 38.6 Å². The maximum absolute atomic E-state index is 12.2. The number of anilines is 1. The van der Waals surface area contributed by atoms with Crippen LogP contribution >= 0.6 is 0 Å². The highest BCUT2D eigenvalue weighted by atomic mass is 16.5. The van der Waals surface area contributed by atoms with Crippen molar-refractivity contribution in [2.75, 3.05) is 32.1 Å². The first kappa shape index (κ1) is 16.3. The highest BCUT2D eigenvalue weighted by Gasteiger charge is 2.24. The number of carboxylic acid groups (broad SMARTS) is 1. The SMILES string of the molecule is COc1ccc(C)cc1NC(=O)C[NH+]1CCC(C(=O)[O-])CC1. The molecule has 1 aliphatic heterocycles. The summed E-state index contributed by atoms with van der Waals surface area (Å²) >= 11 is 0. The number of hydrogen-bond donors (Lipinski definition) is 2. The molecular formula is C16H22N2O4. The van der Waals surface area contributed by atoms with Gasteiger partial charge in [-0.2, -0.15) is 0 Å². The minimum atomic E-state index is -0.979. The van der Waals surface area contributed by atoms with Gasteiger partial charge in [0.1, 0.15) is 5.75 Å². The number of carboxylic acids is 1. The largest absolute Gasteiger partial charge is 0.550 e. The van der Waals surface area contributed by atoms with Gasteiger partial charge in [-0.1, -0.05) is 6.07 Å². The first-order valence-corrected chi connectivity index (χ1v) is 7.48. The number of nitrogens with one attached hydrogen (secondary N) is 2. The molecule has 0 atom stereocenters. The van der Waals surface area contributed by atoms with Crippen molar-refractivity contribution < 1.29 is 24.3 Å². The molecule has 1 amide bonds. The third kappa shape index (κ3) is 4.21. The normalized spacial score (nSPS) is 21.2. The number of amides is 1. The predicted molar refractivity (Wildman–Crippen MR) is 79.7 cm³/mol. The first-order valence-electron chi connectivity index (χ1n) is 7.48. The highest BCUT2D eigenvalue weighted by Crippen LogP contribution is 2.24. The maximum Gasteiger partial charge on any atom is 0.279 e. The van der Waals surface area contributed by atoms with E-state index in [-0.39, 0.29) is 11.8 Å². The van der Waals surface area contributed by atoms with E-state index < -0.39 is 5.97 Å². The molecular weight excluding hydrogens is 284 g/mol. The Morgan fingerprint density at radius 2 is 2.05 bits per heavy atom. The number of quaternary nitrogens is 1. The molecule has 0 aromatic heterocycles. The fourth-order valence-corrected chi connectivity index (χ4v) is 2.78. The lowest BCUT2D eigenvalue weighted by Crippen LogP contribution is -3.14. The number of piperidine rings is 1. The van der Waals surface area contributed by atoms with Gasteiger partial charge in [-0.3, -0.25) is 4.79 Å². The summed E-state index contributed by atoms with van der Waals surface area (Å²) < 4.78 is 5.24. The molecule has 0 saturated carbocycles. The zero-order chi connectivity index (χ0) is 16.1. The molecule has 6 nitrogen and oxygen atoms in total. The van der Waals surface area contributed by atoms with Crippen LogP contribution in [0.25, 0.3) is 0 Å². The van der Waals surface area contributed by atoms with Crippen LogP contribution in [0.3, 0.4) is 0 Å². The van der Waals surface area contributed by atoms with E-state index in [1.165, 1.54) is 0 Å². The number of rotatable bonds is 5. The summed E-state index contributed by atoms with van der Waals surface area (Å²) in [6.45, 7) is 3.63. The number of carbonyl (C=O) groups is 2. The monoisotopic (exact) mass is 306 g/mol. The lowest BCUT2D eigenvalue weighted by atomic mass is 9.97. The Labute approximate surface area is 130 Å². The standard InChI is InChI=1S/C16H22N2O4/c1-11-3-4-14(22-2)13(9-11)17-15(19)10-18-7-5-12(6-8-18)16(20)21/h3-4,9,12H,5-8,10H2,1-2H3,(H,17,19)(H,20,21). The van der Waals surface area contributed by atoms with Gasteiger partial charge in [0.05, 0.1) is 25.9 Å². The number of hydrogen-bond acceptors (Lipinski definition) is 4. The van der Waals surface area contributed by atoms with Crippen molar-refractivity contribution in [1.82, 2.24) is 0 Å². The van der Waals surface area contributed by atoms with Gasteiger partial charge in [0, 0.05) is 24.7 Å². The molecule has 6 heteroatoms. The molecule has 1 aliphatic rings. The molecule has 1 heterocycles. The lowest BCUT2D eigenvalue weighted by Gasteiger charge is -2.29. The van der Waals surface area contributed by atoms with Crippen LogP contribution in [0.4, 0.5) is 5.69 Å². The molecule has 0 radical (unpaired) electrons. The van der Waals surface area contributed by atoms with Crippen LogP contribution in [0.1, 0.15) is 18.4 Å². The summed E-state index contributed by atoms with van der Waals surface area (Å²) in [4.78, 5) is 24.1. The topological polar surface area (TPSA) is 82.9 Å². The number of carbonyl (C=O) groups excluding carboxylic acids is 2. The molecule has 120 valence electrons. The van der Waals surface area contributed by atoms with Crippen LogP contribution in [-0.2, 0) is 9.59 Å². The summed E-state index contributed by atoms with van der Waals surface area (Å²) in [7, 11) is 1.57. The average Bonchev–Trinajstić information content (AvgIpc) is 2.48. The van der Waals surface area contributed by atoms with Crippen LogP contribution in [0.15, 0.2) is 18.2 Å². The second-order valence-electron chi connectivity index (χ2n) is 5.77. The predicted octanol–water partition coefficient (Wildman–Crippen LogP) is -1.01. The van der Waals surface area contributed by atoms with E-state index in [4.69, 9.17) is 4.74 Å². The van der Waals surface area contributed by atoms with Gasteiger partial charge in [-0.05, 0) is 24.6 Å². The Morgan fingerprint density at radius 1 is 1.36 bits per heavy atom. The van der Waals surface area contributed by atoms with E-state index in [1.807, 2.05) is 25.1 Å². The molecule has 0 spiro atoms. The van der Waals surface area contributed by atoms with Gasteiger partial charge >= 0.3 is 0 Å². The summed E-state index contributed by atoms with van der Waals surface area (Å²) in [5.74, 6) is -0.813. The van der Waals surface area contributed by atoms with Crippen molar-refractivity contribution in [3.63, 3.8) is 0 Å². The number of methoxy groups -OCH3 is 1. The van der Waals surface area contributed by atoms with E-state index >= 15 is 0 Å². The summed E-state index contributed by atoms with van der Waals surface area (Å²) in [5, 5.41) is 13.7. The molecule has 2 rings (SSSR count). The summed E-state index contributed by atoms with van der Waals surface area (Å²) in [5.41, 5.74) is 1.70. The molecule has 1 fully saturated rings. The maximum atomic E-state index is 12.2. The molecule has 1 aromatic carbocycles.